The maximum absolute atomic E-state index is 11.9. The van der Waals surface area contributed by atoms with Crippen molar-refractivity contribution in [2.75, 3.05) is 10.6 Å². The Morgan fingerprint density at radius 2 is 1.43 bits per heavy atom. The van der Waals surface area contributed by atoms with Crippen molar-refractivity contribution in [3.8, 4) is 5.75 Å². The molecule has 0 atom stereocenters. The molecule has 1 aromatic heterocycles. The van der Waals surface area contributed by atoms with Crippen molar-refractivity contribution < 1.29 is 4.74 Å². The lowest BCUT2D eigenvalue weighted by Gasteiger charge is -2.15. The fraction of sp³-hybridized carbons (Fsp3) is 0.0870. The second-order valence-electron chi connectivity index (χ2n) is 6.68. The lowest BCUT2D eigenvalue weighted by Crippen LogP contribution is -2.36. The molecule has 0 amide bonds. The first-order valence-corrected chi connectivity index (χ1v) is 9.68. The molecule has 150 valence electrons. The Hall–Kier alpha value is -3.64. The third kappa shape index (κ3) is 4.50. The molecule has 0 bridgehead atoms. The Kier molecular flexibility index (Phi) is 5.77. The fourth-order valence-corrected chi connectivity index (χ4v) is 3.03. The van der Waals surface area contributed by atoms with Crippen LogP contribution in [0.2, 0.25) is 5.02 Å². The quantitative estimate of drug-likeness (QED) is 0.415. The Bertz CT molecular complexity index is 1200. The minimum atomic E-state index is -0.524. The van der Waals surface area contributed by atoms with Crippen molar-refractivity contribution >= 4 is 28.7 Å². The minimum Gasteiger partial charge on any atom is -0.489 e. The second kappa shape index (κ2) is 8.80. The summed E-state index contributed by atoms with van der Waals surface area (Å²) in [7, 11) is 0. The second-order valence-corrected chi connectivity index (χ2v) is 7.12. The van der Waals surface area contributed by atoms with Gasteiger partial charge >= 0.3 is 0 Å². The van der Waals surface area contributed by atoms with E-state index in [1.165, 1.54) is 0 Å². The summed E-state index contributed by atoms with van der Waals surface area (Å²) in [6, 6.07) is 18.5. The molecule has 3 aromatic carbocycles. The molecule has 0 aliphatic heterocycles. The molecular formula is C23H18ClN3O3. The zero-order valence-corrected chi connectivity index (χ0v) is 16.6. The van der Waals surface area contributed by atoms with Gasteiger partial charge in [-0.3, -0.25) is 14.6 Å². The fourth-order valence-electron chi connectivity index (χ4n) is 2.90. The number of pyridine rings is 1. The van der Waals surface area contributed by atoms with Gasteiger partial charge in [-0.1, -0.05) is 35.9 Å². The molecule has 0 aliphatic carbocycles. The number of rotatable bonds is 8. The van der Waals surface area contributed by atoms with Gasteiger partial charge in [-0.2, -0.15) is 0 Å². The van der Waals surface area contributed by atoms with Crippen LogP contribution in [0.3, 0.4) is 0 Å². The number of aromatic nitrogens is 1. The van der Waals surface area contributed by atoms with Gasteiger partial charge in [0, 0.05) is 29.6 Å². The van der Waals surface area contributed by atoms with E-state index in [-0.39, 0.29) is 5.69 Å². The van der Waals surface area contributed by atoms with Crippen LogP contribution < -0.4 is 26.2 Å². The normalized spacial score (nSPS) is 10.7. The molecule has 4 aromatic rings. The maximum Gasteiger partial charge on any atom is 0.253 e. The first kappa shape index (κ1) is 19.7. The molecule has 2 N–H and O–H groups in total. The predicted octanol–water partition coefficient (Wildman–Crippen LogP) is 4.27. The summed E-state index contributed by atoms with van der Waals surface area (Å²) in [5, 5.41) is 6.69. The van der Waals surface area contributed by atoms with E-state index in [0.29, 0.717) is 29.5 Å². The van der Waals surface area contributed by atoms with E-state index >= 15 is 0 Å². The Morgan fingerprint density at radius 3 is 2.13 bits per heavy atom. The average Bonchev–Trinajstić information content (AvgIpc) is 2.79. The lowest BCUT2D eigenvalue weighted by molar-refractivity contribution is 0.306. The van der Waals surface area contributed by atoms with E-state index < -0.39 is 10.9 Å². The first-order chi connectivity index (χ1) is 14.6. The summed E-state index contributed by atoms with van der Waals surface area (Å²) < 4.78 is 5.73. The van der Waals surface area contributed by atoms with Crippen LogP contribution in [-0.2, 0) is 13.2 Å². The highest BCUT2D eigenvalue weighted by atomic mass is 35.5. The average molecular weight is 420 g/mol. The van der Waals surface area contributed by atoms with Crippen molar-refractivity contribution in [1.29, 1.82) is 0 Å². The standard InChI is InChI=1S/C23H18ClN3O3/c24-17-5-7-19(8-6-17)30-14-16-3-1-15(2-4-16)13-26-20-21(23(29)22(20)28)27-18-9-11-25-12-10-18/h1-12,26H,13-14H2,(H,25,27). The lowest BCUT2D eigenvalue weighted by atomic mass is 10.1. The summed E-state index contributed by atoms with van der Waals surface area (Å²) in [5.74, 6) is 0.750. The molecule has 0 unspecified atom stereocenters. The third-order valence-electron chi connectivity index (χ3n) is 4.57. The first-order valence-electron chi connectivity index (χ1n) is 9.30. The summed E-state index contributed by atoms with van der Waals surface area (Å²) in [5.41, 5.74) is 2.23. The van der Waals surface area contributed by atoms with E-state index in [1.54, 1.807) is 36.7 Å². The van der Waals surface area contributed by atoms with Crippen LogP contribution >= 0.6 is 11.6 Å². The van der Waals surface area contributed by atoms with E-state index in [0.717, 1.165) is 16.9 Å². The van der Waals surface area contributed by atoms with Gasteiger partial charge in [0.25, 0.3) is 10.9 Å². The Morgan fingerprint density at radius 1 is 0.800 bits per heavy atom. The number of hydrogen-bond acceptors (Lipinski definition) is 6. The van der Waals surface area contributed by atoms with E-state index in [1.807, 2.05) is 36.4 Å². The molecule has 0 fully saturated rings. The zero-order chi connectivity index (χ0) is 20.9. The van der Waals surface area contributed by atoms with E-state index in [2.05, 4.69) is 15.6 Å². The van der Waals surface area contributed by atoms with Crippen LogP contribution in [0, 0.1) is 0 Å². The third-order valence-corrected chi connectivity index (χ3v) is 4.82. The van der Waals surface area contributed by atoms with Gasteiger partial charge in [-0.15, -0.1) is 0 Å². The number of nitrogens with one attached hydrogen (secondary N) is 2. The van der Waals surface area contributed by atoms with E-state index in [9.17, 15) is 9.59 Å². The molecule has 0 spiro atoms. The number of hydrogen-bond donors (Lipinski definition) is 2. The highest BCUT2D eigenvalue weighted by Gasteiger charge is 2.20. The van der Waals surface area contributed by atoms with Gasteiger partial charge in [0.1, 0.15) is 23.7 Å². The zero-order valence-electron chi connectivity index (χ0n) is 15.9. The Balaban J connectivity index is 1.34. The molecular weight excluding hydrogens is 402 g/mol. The molecule has 7 heteroatoms. The molecule has 0 saturated heterocycles. The largest absolute Gasteiger partial charge is 0.489 e. The molecule has 0 radical (unpaired) electrons. The van der Waals surface area contributed by atoms with Gasteiger partial charge in [-0.05, 0) is 47.5 Å². The van der Waals surface area contributed by atoms with Crippen molar-refractivity contribution in [3.05, 3.63) is 110 Å². The van der Waals surface area contributed by atoms with Crippen molar-refractivity contribution in [2.45, 2.75) is 13.2 Å². The summed E-state index contributed by atoms with van der Waals surface area (Å²) in [4.78, 5) is 27.8. The number of ether oxygens (including phenoxy) is 1. The molecule has 1 heterocycles. The summed E-state index contributed by atoms with van der Waals surface area (Å²) >= 11 is 5.87. The number of nitrogens with zero attached hydrogens (tertiary/aromatic N) is 1. The van der Waals surface area contributed by atoms with Crippen LogP contribution in [0.1, 0.15) is 11.1 Å². The SMILES string of the molecule is O=c1c(NCc2ccc(COc3ccc(Cl)cc3)cc2)c(Nc2ccncc2)c1=O. The topological polar surface area (TPSA) is 80.3 Å². The van der Waals surface area contributed by atoms with Crippen molar-refractivity contribution in [1.82, 2.24) is 4.98 Å². The summed E-state index contributed by atoms with van der Waals surface area (Å²) in [6.07, 6.45) is 3.22. The number of benzene rings is 2. The smallest absolute Gasteiger partial charge is 0.253 e. The van der Waals surface area contributed by atoms with Crippen LogP contribution in [0.15, 0.2) is 82.6 Å². The summed E-state index contributed by atoms with van der Waals surface area (Å²) in [6.45, 7) is 0.863. The van der Waals surface area contributed by atoms with Gasteiger partial charge in [-0.25, -0.2) is 0 Å². The Labute approximate surface area is 177 Å². The van der Waals surface area contributed by atoms with Gasteiger partial charge in [0.05, 0.1) is 0 Å². The van der Waals surface area contributed by atoms with Crippen molar-refractivity contribution in [3.63, 3.8) is 0 Å². The number of anilines is 3. The molecule has 0 aliphatic rings. The van der Waals surface area contributed by atoms with Crippen LogP contribution in [0.4, 0.5) is 17.1 Å². The van der Waals surface area contributed by atoms with Gasteiger partial charge < -0.3 is 15.4 Å². The minimum absolute atomic E-state index is 0.277. The highest BCUT2D eigenvalue weighted by Crippen LogP contribution is 2.21. The molecule has 30 heavy (non-hydrogen) atoms. The van der Waals surface area contributed by atoms with E-state index in [4.69, 9.17) is 16.3 Å². The van der Waals surface area contributed by atoms with Gasteiger partial charge in [0.15, 0.2) is 0 Å². The van der Waals surface area contributed by atoms with Gasteiger partial charge in [0.2, 0.25) is 0 Å². The van der Waals surface area contributed by atoms with Crippen LogP contribution in [-0.4, -0.2) is 4.98 Å². The van der Waals surface area contributed by atoms with Crippen LogP contribution in [0.5, 0.6) is 5.75 Å². The maximum atomic E-state index is 11.9. The van der Waals surface area contributed by atoms with Crippen molar-refractivity contribution in [2.24, 2.45) is 0 Å². The van der Waals surface area contributed by atoms with Crippen LogP contribution in [0.25, 0.3) is 0 Å². The number of halogens is 1. The molecule has 4 rings (SSSR count). The highest BCUT2D eigenvalue weighted by molar-refractivity contribution is 6.30. The predicted molar refractivity (Wildman–Crippen MR) is 118 cm³/mol. The monoisotopic (exact) mass is 419 g/mol. The molecule has 6 nitrogen and oxygen atoms in total. The molecule has 0 saturated carbocycles.